The van der Waals surface area contributed by atoms with E-state index in [0.29, 0.717) is 30.1 Å². The summed E-state index contributed by atoms with van der Waals surface area (Å²) < 4.78 is 29.9. The molecule has 3 heterocycles. The predicted octanol–water partition coefficient (Wildman–Crippen LogP) is 3.39. The second-order valence-corrected chi connectivity index (χ2v) is 10.7. The number of hydrogen-bond acceptors (Lipinski definition) is 5. The van der Waals surface area contributed by atoms with Gasteiger partial charge in [0.1, 0.15) is 18.1 Å². The molecule has 6 atom stereocenters. The van der Waals surface area contributed by atoms with Gasteiger partial charge in [-0.25, -0.2) is 8.78 Å². The van der Waals surface area contributed by atoms with Crippen molar-refractivity contribution in [2.75, 3.05) is 11.9 Å². The van der Waals surface area contributed by atoms with Gasteiger partial charge < -0.3 is 20.9 Å². The number of rotatable bonds is 7. The van der Waals surface area contributed by atoms with Crippen LogP contribution in [0.15, 0.2) is 18.2 Å². The van der Waals surface area contributed by atoms with E-state index in [0.717, 1.165) is 12.0 Å². The van der Waals surface area contributed by atoms with Gasteiger partial charge in [-0.3, -0.25) is 14.4 Å². The molecule has 3 aliphatic heterocycles. The van der Waals surface area contributed by atoms with Crippen molar-refractivity contribution in [3.8, 4) is 6.07 Å². The van der Waals surface area contributed by atoms with E-state index in [9.17, 15) is 28.4 Å². The van der Waals surface area contributed by atoms with Crippen LogP contribution in [0.4, 0.5) is 14.5 Å². The topological polar surface area (TPSA) is 114 Å². The number of alkyl halides is 2. The Bertz CT molecular complexity index is 1110. The van der Waals surface area contributed by atoms with Gasteiger partial charge in [-0.1, -0.05) is 17.7 Å². The highest BCUT2D eigenvalue weighted by Crippen LogP contribution is 2.49. The summed E-state index contributed by atoms with van der Waals surface area (Å²) in [6.07, 6.45) is 1.42. The molecule has 1 aromatic carbocycles. The number of nitrogens with zero attached hydrogens (tertiary/aromatic N) is 2. The Hall–Kier alpha value is -2.93. The van der Waals surface area contributed by atoms with Crippen molar-refractivity contribution in [1.82, 2.24) is 15.5 Å². The third-order valence-electron chi connectivity index (χ3n) is 7.86. The van der Waals surface area contributed by atoms with Crippen molar-refractivity contribution in [3.63, 3.8) is 0 Å². The molecule has 2 bridgehead atoms. The normalized spacial score (nSPS) is 28.0. The van der Waals surface area contributed by atoms with Crippen molar-refractivity contribution >= 4 is 35.0 Å². The molecular weight excluding hydrogens is 504 g/mol. The highest BCUT2D eigenvalue weighted by Gasteiger charge is 2.60. The maximum Gasteiger partial charge on any atom is 0.255 e. The SMILES string of the molecule is Cc1c(Cl)cccc1N[C@@H](C)C(=O)N1[C@H]2CC[C@@H]([C@@H]1C(=O)N[C@H](C#N)C[C@@H]1CCCNC1=O)C(F)(F)C2. The largest absolute Gasteiger partial charge is 0.374 e. The summed E-state index contributed by atoms with van der Waals surface area (Å²) >= 11 is 6.19. The summed E-state index contributed by atoms with van der Waals surface area (Å²) in [5.41, 5.74) is 1.38. The summed E-state index contributed by atoms with van der Waals surface area (Å²) in [6, 6.07) is 3.18. The van der Waals surface area contributed by atoms with Crippen LogP contribution in [0.2, 0.25) is 5.02 Å². The fourth-order valence-corrected chi connectivity index (χ4v) is 6.03. The van der Waals surface area contributed by atoms with E-state index >= 15 is 0 Å². The Balaban J connectivity index is 1.54. The molecule has 4 aliphatic rings. The first-order chi connectivity index (χ1) is 17.5. The molecule has 8 nitrogen and oxygen atoms in total. The molecule has 3 amide bonds. The van der Waals surface area contributed by atoms with Crippen LogP contribution >= 0.6 is 11.6 Å². The molecule has 0 radical (unpaired) electrons. The number of carbonyl (C=O) groups excluding carboxylic acids is 3. The molecule has 37 heavy (non-hydrogen) atoms. The number of fused-ring (bicyclic) bond motifs is 3. The van der Waals surface area contributed by atoms with Crippen LogP contribution in [0, 0.1) is 30.1 Å². The van der Waals surface area contributed by atoms with E-state index in [2.05, 4.69) is 16.0 Å². The zero-order valence-corrected chi connectivity index (χ0v) is 21.7. The van der Waals surface area contributed by atoms with E-state index in [1.165, 1.54) is 4.90 Å². The lowest BCUT2D eigenvalue weighted by Gasteiger charge is -2.54. The molecular formula is C26H32ClF2N5O3. The number of anilines is 1. The molecule has 1 aromatic rings. The molecule has 3 N–H and O–H groups in total. The van der Waals surface area contributed by atoms with E-state index in [1.807, 2.05) is 6.07 Å². The molecule has 200 valence electrons. The van der Waals surface area contributed by atoms with Gasteiger partial charge in [0.05, 0.1) is 12.0 Å². The molecule has 1 saturated carbocycles. The fraction of sp³-hybridized carbons (Fsp3) is 0.615. The molecule has 0 spiro atoms. The van der Waals surface area contributed by atoms with Gasteiger partial charge in [0.15, 0.2) is 0 Å². The highest BCUT2D eigenvalue weighted by molar-refractivity contribution is 6.31. The molecule has 11 heteroatoms. The smallest absolute Gasteiger partial charge is 0.255 e. The summed E-state index contributed by atoms with van der Waals surface area (Å²) in [6.45, 7) is 3.99. The Labute approximate surface area is 220 Å². The predicted molar refractivity (Wildman–Crippen MR) is 134 cm³/mol. The average molecular weight is 536 g/mol. The molecule has 5 rings (SSSR count). The molecule has 4 fully saturated rings. The van der Waals surface area contributed by atoms with Crippen molar-refractivity contribution in [2.45, 2.75) is 82.5 Å². The van der Waals surface area contributed by atoms with Gasteiger partial charge in [-0.2, -0.15) is 5.26 Å². The van der Waals surface area contributed by atoms with Crippen LogP contribution in [0.3, 0.4) is 0 Å². The van der Waals surface area contributed by atoms with Crippen molar-refractivity contribution in [3.05, 3.63) is 28.8 Å². The van der Waals surface area contributed by atoms with E-state index in [-0.39, 0.29) is 18.7 Å². The standard InChI is InChI=1S/C26H32ClF2N5O3/c1-14-20(27)6-3-7-21(14)32-15(2)25(37)34-18-8-9-19(26(28,29)12-18)22(34)24(36)33-17(13-30)11-16-5-4-10-31-23(16)35/h3,6-7,15-19,22,32H,4-5,8-12H2,1-2H3,(H,31,35)(H,33,36)/t15-,16-,17-,18-,19-,22+/m0/s1. The summed E-state index contributed by atoms with van der Waals surface area (Å²) in [4.78, 5) is 40.5. The molecule has 0 unspecified atom stereocenters. The number of carbonyl (C=O) groups is 3. The van der Waals surface area contributed by atoms with Gasteiger partial charge in [0, 0.05) is 35.6 Å². The van der Waals surface area contributed by atoms with Gasteiger partial charge in [0.2, 0.25) is 17.7 Å². The van der Waals surface area contributed by atoms with Crippen LogP contribution in [-0.4, -0.2) is 59.3 Å². The molecule has 3 saturated heterocycles. The average Bonchev–Trinajstić information content (AvgIpc) is 2.86. The minimum atomic E-state index is -3.10. The van der Waals surface area contributed by atoms with Gasteiger partial charge in [-0.15, -0.1) is 0 Å². The minimum Gasteiger partial charge on any atom is -0.374 e. The van der Waals surface area contributed by atoms with Crippen LogP contribution in [0.25, 0.3) is 0 Å². The maximum atomic E-state index is 15.0. The lowest BCUT2D eigenvalue weighted by Crippen LogP contribution is -2.70. The number of nitrogens with one attached hydrogen (secondary N) is 3. The number of amides is 3. The second-order valence-electron chi connectivity index (χ2n) is 10.3. The Morgan fingerprint density at radius 1 is 1.32 bits per heavy atom. The fourth-order valence-electron chi connectivity index (χ4n) is 5.85. The van der Waals surface area contributed by atoms with Crippen LogP contribution in [-0.2, 0) is 14.4 Å². The first-order valence-corrected chi connectivity index (χ1v) is 13.1. The van der Waals surface area contributed by atoms with Gasteiger partial charge >= 0.3 is 0 Å². The number of piperidine rings is 3. The Morgan fingerprint density at radius 3 is 2.76 bits per heavy atom. The third kappa shape index (κ3) is 5.52. The monoisotopic (exact) mass is 535 g/mol. The maximum absolute atomic E-state index is 15.0. The van der Waals surface area contributed by atoms with E-state index in [4.69, 9.17) is 11.6 Å². The summed E-state index contributed by atoms with van der Waals surface area (Å²) in [5, 5.41) is 18.6. The lowest BCUT2D eigenvalue weighted by atomic mass is 9.71. The van der Waals surface area contributed by atoms with E-state index in [1.54, 1.807) is 32.0 Å². The van der Waals surface area contributed by atoms with E-state index < -0.39 is 60.2 Å². The third-order valence-corrected chi connectivity index (χ3v) is 8.27. The zero-order valence-electron chi connectivity index (χ0n) is 20.9. The Morgan fingerprint density at radius 2 is 2.08 bits per heavy atom. The summed E-state index contributed by atoms with van der Waals surface area (Å²) in [7, 11) is 0. The highest BCUT2D eigenvalue weighted by atomic mass is 35.5. The Kier molecular flexibility index (Phi) is 7.93. The number of nitriles is 1. The quantitative estimate of drug-likeness (QED) is 0.495. The van der Waals surface area contributed by atoms with Crippen molar-refractivity contribution < 1.29 is 23.2 Å². The zero-order chi connectivity index (χ0) is 26.9. The lowest BCUT2D eigenvalue weighted by molar-refractivity contribution is -0.194. The minimum absolute atomic E-state index is 0.0885. The van der Waals surface area contributed by atoms with Crippen LogP contribution in [0.1, 0.15) is 51.0 Å². The number of halogens is 3. The van der Waals surface area contributed by atoms with Crippen LogP contribution < -0.4 is 16.0 Å². The number of hydrogen-bond donors (Lipinski definition) is 3. The first-order valence-electron chi connectivity index (χ1n) is 12.7. The second kappa shape index (κ2) is 10.8. The molecule has 1 aliphatic carbocycles. The van der Waals surface area contributed by atoms with Gasteiger partial charge in [-0.05, 0) is 63.6 Å². The number of benzene rings is 1. The first kappa shape index (κ1) is 27.1. The van der Waals surface area contributed by atoms with Crippen molar-refractivity contribution in [1.29, 1.82) is 5.26 Å². The van der Waals surface area contributed by atoms with Gasteiger partial charge in [0.25, 0.3) is 5.92 Å². The molecule has 0 aromatic heterocycles. The van der Waals surface area contributed by atoms with Crippen LogP contribution in [0.5, 0.6) is 0 Å². The summed E-state index contributed by atoms with van der Waals surface area (Å²) in [5.74, 6) is -6.32. The van der Waals surface area contributed by atoms with Crippen molar-refractivity contribution in [2.24, 2.45) is 11.8 Å².